The molecule has 3 aromatic heterocycles. The molecule has 130 valence electrons. The summed E-state index contributed by atoms with van der Waals surface area (Å²) in [6.45, 7) is 2.08. The molecular weight excluding hydrogens is 328 g/mol. The van der Waals surface area contributed by atoms with E-state index in [1.54, 1.807) is 24.2 Å². The van der Waals surface area contributed by atoms with Gasteiger partial charge in [0.25, 0.3) is 0 Å². The van der Waals surface area contributed by atoms with Crippen molar-refractivity contribution in [3.63, 3.8) is 0 Å². The van der Waals surface area contributed by atoms with Gasteiger partial charge in [-0.15, -0.1) is 0 Å². The number of ether oxygens (including phenoxy) is 1. The smallest absolute Gasteiger partial charge is 0.170 e. The Morgan fingerprint density at radius 3 is 2.81 bits per heavy atom. The lowest BCUT2D eigenvalue weighted by Crippen LogP contribution is -2.09. The Hall–Kier alpha value is -3.48. The first-order valence-corrected chi connectivity index (χ1v) is 8.27. The van der Waals surface area contributed by atoms with E-state index >= 15 is 0 Å². The highest BCUT2D eigenvalue weighted by molar-refractivity contribution is 5.87. The van der Waals surface area contributed by atoms with Gasteiger partial charge < -0.3 is 10.1 Å². The highest BCUT2D eigenvalue weighted by Crippen LogP contribution is 2.26. The van der Waals surface area contributed by atoms with E-state index in [4.69, 9.17) is 4.74 Å². The molecule has 7 heteroatoms. The van der Waals surface area contributed by atoms with Crippen molar-refractivity contribution < 1.29 is 4.74 Å². The Labute approximate surface area is 150 Å². The summed E-state index contributed by atoms with van der Waals surface area (Å²) in [5.74, 6) is 2.27. The van der Waals surface area contributed by atoms with Crippen LogP contribution in [0.3, 0.4) is 0 Å². The summed E-state index contributed by atoms with van der Waals surface area (Å²) in [7, 11) is 1.66. The van der Waals surface area contributed by atoms with Gasteiger partial charge in [0.2, 0.25) is 0 Å². The molecule has 26 heavy (non-hydrogen) atoms. The molecule has 0 unspecified atom stereocenters. The Bertz CT molecular complexity index is 1030. The van der Waals surface area contributed by atoms with E-state index in [2.05, 4.69) is 38.4 Å². The van der Waals surface area contributed by atoms with Crippen LogP contribution < -0.4 is 10.1 Å². The number of hydrogen-bond acceptors (Lipinski definition) is 6. The summed E-state index contributed by atoms with van der Waals surface area (Å²) in [6.07, 6.45) is 5.02. The number of nitrogens with one attached hydrogen (secondary N) is 1. The molecule has 0 spiro atoms. The van der Waals surface area contributed by atoms with Crippen LogP contribution in [0.4, 0.5) is 5.82 Å². The quantitative estimate of drug-likeness (QED) is 0.597. The monoisotopic (exact) mass is 346 g/mol. The molecule has 0 saturated carbocycles. The Morgan fingerprint density at radius 1 is 1.08 bits per heavy atom. The number of pyridine rings is 1. The molecule has 1 N–H and O–H groups in total. The van der Waals surface area contributed by atoms with Crippen molar-refractivity contribution in [2.24, 2.45) is 0 Å². The fourth-order valence-electron chi connectivity index (χ4n) is 2.81. The maximum atomic E-state index is 5.30. The second kappa shape index (κ2) is 6.79. The first-order chi connectivity index (χ1) is 12.8. The minimum Gasteiger partial charge on any atom is -0.497 e. The molecule has 1 aromatic carbocycles. The maximum Gasteiger partial charge on any atom is 0.170 e. The van der Waals surface area contributed by atoms with E-state index in [0.29, 0.717) is 11.5 Å². The summed E-state index contributed by atoms with van der Waals surface area (Å²) >= 11 is 0. The number of methoxy groups -OCH3 is 1. The van der Waals surface area contributed by atoms with Crippen molar-refractivity contribution in [1.82, 2.24) is 24.7 Å². The standard InChI is InChI=1S/C19H18N6O/c1-13(14-6-5-7-15(10-14)26-2)24-18-16-11-23-25(19(16)22-12-21-18)17-8-3-4-9-20-17/h3-13H,1-2H3,(H,21,22,24)/t13-/m1/s1. The fraction of sp³-hybridized carbons (Fsp3) is 0.158. The van der Waals surface area contributed by atoms with Gasteiger partial charge in [-0.05, 0) is 36.8 Å². The van der Waals surface area contributed by atoms with Crippen LogP contribution in [0.5, 0.6) is 5.75 Å². The lowest BCUT2D eigenvalue weighted by Gasteiger charge is -2.16. The zero-order valence-corrected chi connectivity index (χ0v) is 14.5. The zero-order chi connectivity index (χ0) is 17.9. The number of hydrogen-bond donors (Lipinski definition) is 1. The Morgan fingerprint density at radius 2 is 2.00 bits per heavy atom. The summed E-state index contributed by atoms with van der Waals surface area (Å²) < 4.78 is 7.01. The third kappa shape index (κ3) is 2.95. The van der Waals surface area contributed by atoms with Crippen molar-refractivity contribution in [2.45, 2.75) is 13.0 Å². The third-order valence-corrected chi connectivity index (χ3v) is 4.18. The summed E-state index contributed by atoms with van der Waals surface area (Å²) in [4.78, 5) is 13.1. The number of anilines is 1. The highest BCUT2D eigenvalue weighted by Gasteiger charge is 2.14. The molecule has 0 aliphatic heterocycles. The SMILES string of the molecule is COc1cccc([C@@H](C)Nc2ncnc3c2cnn3-c2ccccn2)c1. The summed E-state index contributed by atoms with van der Waals surface area (Å²) in [6, 6.07) is 13.7. The molecule has 3 heterocycles. The lowest BCUT2D eigenvalue weighted by atomic mass is 10.1. The average Bonchev–Trinajstić information content (AvgIpc) is 3.14. The highest BCUT2D eigenvalue weighted by atomic mass is 16.5. The van der Waals surface area contributed by atoms with Crippen LogP contribution in [-0.2, 0) is 0 Å². The van der Waals surface area contributed by atoms with Crippen LogP contribution in [0, 0.1) is 0 Å². The van der Waals surface area contributed by atoms with Gasteiger partial charge in [0.1, 0.15) is 17.9 Å². The van der Waals surface area contributed by atoms with E-state index in [0.717, 1.165) is 22.5 Å². The molecule has 0 bridgehead atoms. The first-order valence-electron chi connectivity index (χ1n) is 8.27. The summed E-state index contributed by atoms with van der Waals surface area (Å²) in [5, 5.41) is 8.70. The number of nitrogens with zero attached hydrogens (tertiary/aromatic N) is 5. The molecule has 0 radical (unpaired) electrons. The number of rotatable bonds is 5. The van der Waals surface area contributed by atoms with Crippen molar-refractivity contribution in [3.8, 4) is 11.6 Å². The fourth-order valence-corrected chi connectivity index (χ4v) is 2.81. The van der Waals surface area contributed by atoms with Crippen LogP contribution in [0.1, 0.15) is 18.5 Å². The van der Waals surface area contributed by atoms with Gasteiger partial charge >= 0.3 is 0 Å². The summed E-state index contributed by atoms with van der Waals surface area (Å²) in [5.41, 5.74) is 1.81. The van der Waals surface area contributed by atoms with Crippen molar-refractivity contribution in [3.05, 3.63) is 66.7 Å². The second-order valence-electron chi connectivity index (χ2n) is 5.85. The molecule has 0 saturated heterocycles. The molecular formula is C19H18N6O. The topological polar surface area (TPSA) is 77.8 Å². The van der Waals surface area contributed by atoms with Crippen LogP contribution in [-0.4, -0.2) is 31.8 Å². The second-order valence-corrected chi connectivity index (χ2v) is 5.85. The minimum atomic E-state index is 0.0430. The number of benzene rings is 1. The van der Waals surface area contributed by atoms with E-state index in [1.807, 2.05) is 36.4 Å². The zero-order valence-electron chi connectivity index (χ0n) is 14.5. The Kier molecular flexibility index (Phi) is 4.18. The van der Waals surface area contributed by atoms with Crippen molar-refractivity contribution in [2.75, 3.05) is 12.4 Å². The molecule has 4 rings (SSSR count). The van der Waals surface area contributed by atoms with E-state index in [9.17, 15) is 0 Å². The van der Waals surface area contributed by atoms with Crippen molar-refractivity contribution in [1.29, 1.82) is 0 Å². The lowest BCUT2D eigenvalue weighted by molar-refractivity contribution is 0.414. The number of aromatic nitrogens is 5. The van der Waals surface area contributed by atoms with Crippen LogP contribution in [0.25, 0.3) is 16.9 Å². The van der Waals surface area contributed by atoms with Gasteiger partial charge in [-0.2, -0.15) is 9.78 Å². The molecule has 7 nitrogen and oxygen atoms in total. The van der Waals surface area contributed by atoms with Crippen LogP contribution in [0.2, 0.25) is 0 Å². The molecule has 0 amide bonds. The van der Waals surface area contributed by atoms with Gasteiger partial charge in [-0.25, -0.2) is 15.0 Å². The number of fused-ring (bicyclic) bond motifs is 1. The maximum absolute atomic E-state index is 5.30. The first kappa shape index (κ1) is 16.0. The van der Waals surface area contributed by atoms with Crippen LogP contribution >= 0.6 is 0 Å². The van der Waals surface area contributed by atoms with Gasteiger partial charge in [-0.3, -0.25) is 0 Å². The van der Waals surface area contributed by atoms with Crippen molar-refractivity contribution >= 4 is 16.9 Å². The molecule has 4 aromatic rings. The normalized spacial score (nSPS) is 12.1. The molecule has 0 fully saturated rings. The van der Waals surface area contributed by atoms with Gasteiger partial charge in [0.05, 0.1) is 24.7 Å². The van der Waals surface area contributed by atoms with Gasteiger partial charge in [-0.1, -0.05) is 18.2 Å². The van der Waals surface area contributed by atoms with E-state index < -0.39 is 0 Å². The third-order valence-electron chi connectivity index (χ3n) is 4.18. The van der Waals surface area contributed by atoms with Gasteiger partial charge in [0, 0.05) is 6.20 Å². The molecule has 0 aliphatic carbocycles. The largest absolute Gasteiger partial charge is 0.497 e. The predicted octanol–water partition coefficient (Wildman–Crippen LogP) is 3.39. The molecule has 1 atom stereocenters. The van der Waals surface area contributed by atoms with Gasteiger partial charge in [0.15, 0.2) is 11.5 Å². The molecule has 0 aliphatic rings. The van der Waals surface area contributed by atoms with E-state index in [-0.39, 0.29) is 6.04 Å². The van der Waals surface area contributed by atoms with E-state index in [1.165, 1.54) is 6.33 Å². The predicted molar refractivity (Wildman–Crippen MR) is 99.5 cm³/mol. The van der Waals surface area contributed by atoms with Crippen LogP contribution in [0.15, 0.2) is 61.2 Å². The Balaban J connectivity index is 1.68. The average molecular weight is 346 g/mol. The minimum absolute atomic E-state index is 0.0430.